The molecule has 0 atom stereocenters. The molecule has 12 aromatic rings. The number of nitrogens with zero attached hydrogens (tertiary/aromatic N) is 4. The lowest BCUT2D eigenvalue weighted by molar-refractivity contribution is 0.590. The molecule has 0 radical (unpaired) electrons. The van der Waals surface area contributed by atoms with E-state index in [0.29, 0.717) is 5.02 Å². The van der Waals surface area contributed by atoms with Crippen LogP contribution in [-0.2, 0) is 43.3 Å². The lowest BCUT2D eigenvalue weighted by atomic mass is 9.33. The van der Waals surface area contributed by atoms with Crippen molar-refractivity contribution in [3.8, 4) is 22.3 Å². The summed E-state index contributed by atoms with van der Waals surface area (Å²) in [7, 11) is 0. The summed E-state index contributed by atoms with van der Waals surface area (Å²) in [5.41, 5.74) is 35.3. The normalized spacial score (nSPS) is 13.3. The third kappa shape index (κ3) is 16.3. The minimum Gasteiger partial charge on any atom is -0.311 e. The van der Waals surface area contributed by atoms with Gasteiger partial charge in [-0.1, -0.05) is 323 Å². The van der Waals surface area contributed by atoms with Gasteiger partial charge in [-0.3, -0.25) is 0 Å². The van der Waals surface area contributed by atoms with Crippen LogP contribution in [0.2, 0.25) is 5.02 Å². The summed E-state index contributed by atoms with van der Waals surface area (Å²) in [4.78, 5) is 9.86. The van der Waals surface area contributed by atoms with E-state index in [-0.39, 0.29) is 50.0 Å². The highest BCUT2D eigenvalue weighted by Gasteiger charge is 2.45. The van der Waals surface area contributed by atoms with Gasteiger partial charge in [-0.15, -0.1) is 0 Å². The van der Waals surface area contributed by atoms with Crippen LogP contribution in [0.5, 0.6) is 0 Å². The Balaban J connectivity index is 0.000000196. The lowest BCUT2D eigenvalue weighted by Crippen LogP contribution is -2.61. The molecule has 0 fully saturated rings. The molecular weight excluding hydrogens is 1380 g/mol. The van der Waals surface area contributed by atoms with Gasteiger partial charge >= 0.3 is 0 Å². The summed E-state index contributed by atoms with van der Waals surface area (Å²) < 4.78 is 0. The molecular formula is C106H120BClN4. The summed E-state index contributed by atoms with van der Waals surface area (Å²) >= 11 is 7.93. The van der Waals surface area contributed by atoms with Gasteiger partial charge in [-0.25, -0.2) is 0 Å². The maximum Gasteiger partial charge on any atom is 0.252 e. The lowest BCUT2D eigenvalue weighted by Gasteiger charge is -2.45. The minimum absolute atomic E-state index is 0.00358. The zero-order chi connectivity index (χ0) is 80.9. The first-order valence-electron chi connectivity index (χ1n) is 40.6. The number of fused-ring (bicyclic) bond motifs is 4. The van der Waals surface area contributed by atoms with Crippen LogP contribution in [0.3, 0.4) is 0 Å². The minimum atomic E-state index is -0.0448. The van der Waals surface area contributed by atoms with Crippen LogP contribution in [0.15, 0.2) is 255 Å². The molecule has 2 heterocycles. The number of halogens is 1. The van der Waals surface area contributed by atoms with Gasteiger partial charge in [0, 0.05) is 56.6 Å². The highest BCUT2D eigenvalue weighted by Crippen LogP contribution is 2.53. The van der Waals surface area contributed by atoms with Gasteiger partial charge in [0.1, 0.15) is 0 Å². The molecule has 14 rings (SSSR count). The summed E-state index contributed by atoms with van der Waals surface area (Å²) in [6, 6.07) is 96.1. The van der Waals surface area contributed by atoms with E-state index in [1.807, 2.05) is 0 Å². The molecule has 574 valence electrons. The molecule has 0 N–H and O–H groups in total. The second-order valence-corrected chi connectivity index (χ2v) is 40.4. The molecule has 0 bridgehead atoms. The Morgan fingerprint density at radius 2 is 0.643 bits per heavy atom. The summed E-state index contributed by atoms with van der Waals surface area (Å²) in [6.45, 7) is 59.6. The van der Waals surface area contributed by atoms with Crippen molar-refractivity contribution in [3.63, 3.8) is 0 Å². The molecule has 2 aliphatic rings. The van der Waals surface area contributed by atoms with Gasteiger partial charge in [-0.2, -0.15) is 0 Å². The SMILES string of the molecule is Cc1cc(N(c2ccc(C(C)(C)C)cc2)c2ccc(C(C)(C)C)cc2)c(Cl)c(N(c2cccc(C(C)(C)C)c2)c2ccc(C(C)(C)C)cc2-c2ccccc2)c1.Cc1cc2c3c(c1)N(c1ccc(C(C)(C)C)cc1-c1ccccc1)c1cc(C(C)(C)C)ccc1B3c1cc(C(C)(C)C)ccc1N2c1ccc(C(C)(C)C)cc1. The molecule has 0 aromatic heterocycles. The molecule has 0 unspecified atom stereocenters. The van der Waals surface area contributed by atoms with Crippen LogP contribution < -0.4 is 36.0 Å². The van der Waals surface area contributed by atoms with E-state index in [4.69, 9.17) is 11.6 Å². The van der Waals surface area contributed by atoms with E-state index in [9.17, 15) is 0 Å². The standard InChI is InChI=1S/C53H59BN2.C53H61ClN2/c1-34-29-47-49-48(30-34)56(44-27-22-37(51(5,6)7)31-41(44)35-17-15-14-16-18-35)46-33-39(53(11,12)13)21-26-42(46)54(49)43-32-38(52(8,9)10)23-28-45(43)55(47)40-24-19-36(20-25-40)50(2,3)4;1-36-32-47(55(42-27-22-38(23-28-42)50(2,3)4)43-29-24-39(25-30-43)51(5,6)7)49(54)48(33-36)56(44-21-17-20-40(34-44)52(8,9)10)46-31-26-41(53(11,12)13)35-45(46)37-18-15-14-16-19-37/h14-33H,1-13H3;14-35H,1-13H3. The van der Waals surface area contributed by atoms with Crippen LogP contribution >= 0.6 is 11.6 Å². The number of rotatable bonds is 10. The van der Waals surface area contributed by atoms with E-state index in [1.165, 1.54) is 112 Å². The molecule has 112 heavy (non-hydrogen) atoms. The average molecular weight is 1500 g/mol. The van der Waals surface area contributed by atoms with Crippen LogP contribution in [0.25, 0.3) is 22.3 Å². The van der Waals surface area contributed by atoms with Crippen molar-refractivity contribution in [2.75, 3.05) is 19.6 Å². The van der Waals surface area contributed by atoms with Crippen LogP contribution in [0.1, 0.15) is 222 Å². The molecule has 4 nitrogen and oxygen atoms in total. The predicted molar refractivity (Wildman–Crippen MR) is 491 cm³/mol. The van der Waals surface area contributed by atoms with Crippen LogP contribution in [0, 0.1) is 13.8 Å². The van der Waals surface area contributed by atoms with E-state index >= 15 is 0 Å². The fourth-order valence-electron chi connectivity index (χ4n) is 16.0. The van der Waals surface area contributed by atoms with Gasteiger partial charge in [0.15, 0.2) is 0 Å². The zero-order valence-corrected chi connectivity index (χ0v) is 72.7. The third-order valence-electron chi connectivity index (χ3n) is 22.9. The molecule has 0 saturated carbocycles. The number of hydrogen-bond donors (Lipinski definition) is 0. The van der Waals surface area contributed by atoms with Crippen molar-refractivity contribution in [2.45, 2.75) is 223 Å². The smallest absolute Gasteiger partial charge is 0.252 e. The maximum absolute atomic E-state index is 7.93. The van der Waals surface area contributed by atoms with Crippen molar-refractivity contribution in [2.24, 2.45) is 0 Å². The molecule has 2 aliphatic heterocycles. The van der Waals surface area contributed by atoms with Gasteiger partial charge in [0.05, 0.1) is 27.8 Å². The summed E-state index contributed by atoms with van der Waals surface area (Å²) in [6.07, 6.45) is 0. The fraction of sp³-hybridized carbons (Fsp3) is 0.321. The number of benzene rings is 12. The predicted octanol–water partition coefficient (Wildman–Crippen LogP) is 29.4. The van der Waals surface area contributed by atoms with Gasteiger partial charge in [0.25, 0.3) is 6.71 Å². The molecule has 12 aromatic carbocycles. The Labute approximate surface area is 679 Å². The number of anilines is 12. The molecule has 6 heteroatoms. The number of hydrogen-bond acceptors (Lipinski definition) is 4. The Kier molecular flexibility index (Phi) is 21.2. The Bertz CT molecular complexity index is 5380. The van der Waals surface area contributed by atoms with Crippen molar-refractivity contribution >= 4 is 103 Å². The van der Waals surface area contributed by atoms with Gasteiger partial charge in [0.2, 0.25) is 0 Å². The first kappa shape index (κ1) is 80.3. The highest BCUT2D eigenvalue weighted by atomic mass is 35.5. The van der Waals surface area contributed by atoms with Gasteiger partial charge in [-0.05, 0) is 250 Å². The first-order chi connectivity index (χ1) is 52.3. The van der Waals surface area contributed by atoms with Crippen molar-refractivity contribution < 1.29 is 0 Å². The maximum atomic E-state index is 7.93. The number of aryl methyl sites for hydroxylation is 2. The van der Waals surface area contributed by atoms with Crippen molar-refractivity contribution in [3.05, 3.63) is 315 Å². The summed E-state index contributed by atoms with van der Waals surface area (Å²) in [5.74, 6) is 0. The van der Waals surface area contributed by atoms with Gasteiger partial charge < -0.3 is 19.6 Å². The van der Waals surface area contributed by atoms with Crippen molar-refractivity contribution in [1.29, 1.82) is 0 Å². The average Bonchev–Trinajstić information content (AvgIpc) is 0.682. The Morgan fingerprint density at radius 1 is 0.259 bits per heavy atom. The molecule has 0 amide bonds. The third-order valence-corrected chi connectivity index (χ3v) is 23.3. The monoisotopic (exact) mass is 1490 g/mol. The first-order valence-corrected chi connectivity index (χ1v) is 41.0. The Morgan fingerprint density at radius 3 is 1.13 bits per heavy atom. The van der Waals surface area contributed by atoms with E-state index in [1.54, 1.807) is 0 Å². The van der Waals surface area contributed by atoms with Crippen molar-refractivity contribution in [1.82, 2.24) is 0 Å². The molecule has 0 spiro atoms. The fourth-order valence-corrected chi connectivity index (χ4v) is 16.3. The van der Waals surface area contributed by atoms with E-state index in [2.05, 4.69) is 454 Å². The highest BCUT2D eigenvalue weighted by molar-refractivity contribution is 7.00. The second-order valence-electron chi connectivity index (χ2n) is 40.0. The molecule has 0 aliphatic carbocycles. The largest absolute Gasteiger partial charge is 0.311 e. The summed E-state index contributed by atoms with van der Waals surface area (Å²) in [5, 5.41) is 0.676. The van der Waals surface area contributed by atoms with E-state index in [0.717, 1.165) is 50.8 Å². The van der Waals surface area contributed by atoms with E-state index < -0.39 is 0 Å². The topological polar surface area (TPSA) is 13.0 Å². The Hall–Kier alpha value is -9.81. The second kappa shape index (κ2) is 29.6. The van der Waals surface area contributed by atoms with Crippen LogP contribution in [0.4, 0.5) is 68.2 Å². The molecule has 0 saturated heterocycles. The quantitative estimate of drug-likeness (QED) is 0.127. The van der Waals surface area contributed by atoms with Crippen LogP contribution in [-0.4, -0.2) is 6.71 Å². The zero-order valence-electron chi connectivity index (χ0n) is 72.0.